The van der Waals surface area contributed by atoms with Crippen molar-refractivity contribution in [2.24, 2.45) is 0 Å². The Morgan fingerprint density at radius 1 is 1.28 bits per heavy atom. The van der Waals surface area contributed by atoms with Gasteiger partial charge in [-0.25, -0.2) is 0 Å². The molecule has 2 N–H and O–H groups in total. The predicted octanol–water partition coefficient (Wildman–Crippen LogP) is 2.84. The number of anilines is 2. The summed E-state index contributed by atoms with van der Waals surface area (Å²) in [6.45, 7) is 4.31. The molecule has 2 rings (SSSR count). The molecule has 18 heavy (non-hydrogen) atoms. The minimum Gasteiger partial charge on any atom is -0.469 e. The molecule has 1 amide bonds. The van der Waals surface area contributed by atoms with Gasteiger partial charge in [0.25, 0.3) is 5.91 Å². The molecule has 0 aliphatic rings. The van der Waals surface area contributed by atoms with Crippen molar-refractivity contribution in [3.63, 3.8) is 0 Å². The number of aryl methyl sites for hydroxylation is 1. The summed E-state index contributed by atoms with van der Waals surface area (Å²) in [6, 6.07) is 8.94. The van der Waals surface area contributed by atoms with Gasteiger partial charge in [0.1, 0.15) is 5.76 Å². The number of nitrogen functional groups attached to an aromatic ring is 1. The lowest BCUT2D eigenvalue weighted by atomic mass is 10.2. The maximum atomic E-state index is 12.4. The molecular weight excluding hydrogens is 228 g/mol. The standard InChI is InChI=1S/C14H16N2O2/c1-3-16(12-6-4-11(15)5-7-12)14(17)13-8-9-18-10(13)2/h4-9H,3,15H2,1-2H3. The second-order valence-corrected chi connectivity index (χ2v) is 4.03. The van der Waals surface area contributed by atoms with E-state index in [1.807, 2.05) is 19.1 Å². The van der Waals surface area contributed by atoms with E-state index in [-0.39, 0.29) is 5.91 Å². The summed E-state index contributed by atoms with van der Waals surface area (Å²) in [6.07, 6.45) is 1.53. The second kappa shape index (κ2) is 4.96. The first kappa shape index (κ1) is 12.2. The van der Waals surface area contributed by atoms with Gasteiger partial charge in [-0.3, -0.25) is 4.79 Å². The van der Waals surface area contributed by atoms with E-state index in [2.05, 4.69) is 0 Å². The third kappa shape index (κ3) is 2.22. The van der Waals surface area contributed by atoms with Crippen LogP contribution in [0.5, 0.6) is 0 Å². The maximum absolute atomic E-state index is 12.4. The fourth-order valence-electron chi connectivity index (χ4n) is 1.85. The molecule has 0 aliphatic carbocycles. The Bertz CT molecular complexity index is 543. The van der Waals surface area contributed by atoms with Gasteiger partial charge < -0.3 is 15.1 Å². The first-order valence-electron chi connectivity index (χ1n) is 5.85. The van der Waals surface area contributed by atoms with E-state index in [1.165, 1.54) is 6.26 Å². The molecule has 0 bridgehead atoms. The van der Waals surface area contributed by atoms with Crippen molar-refractivity contribution in [2.75, 3.05) is 17.2 Å². The molecule has 0 spiro atoms. The molecular formula is C14H16N2O2. The van der Waals surface area contributed by atoms with E-state index in [4.69, 9.17) is 10.2 Å². The highest BCUT2D eigenvalue weighted by atomic mass is 16.3. The zero-order valence-corrected chi connectivity index (χ0v) is 10.5. The van der Waals surface area contributed by atoms with Crippen molar-refractivity contribution in [3.05, 3.63) is 47.9 Å². The Labute approximate surface area is 106 Å². The topological polar surface area (TPSA) is 59.5 Å². The third-order valence-electron chi connectivity index (χ3n) is 2.86. The largest absolute Gasteiger partial charge is 0.469 e. The van der Waals surface area contributed by atoms with Crippen LogP contribution >= 0.6 is 0 Å². The normalized spacial score (nSPS) is 10.3. The minimum absolute atomic E-state index is 0.0616. The lowest BCUT2D eigenvalue weighted by molar-refractivity contribution is 0.0987. The van der Waals surface area contributed by atoms with Gasteiger partial charge >= 0.3 is 0 Å². The number of carbonyl (C=O) groups is 1. The average Bonchev–Trinajstić information content (AvgIpc) is 2.78. The molecule has 0 saturated heterocycles. The molecule has 94 valence electrons. The van der Waals surface area contributed by atoms with Gasteiger partial charge in [0.2, 0.25) is 0 Å². The summed E-state index contributed by atoms with van der Waals surface area (Å²) >= 11 is 0. The Hall–Kier alpha value is -2.23. The molecule has 0 unspecified atom stereocenters. The van der Waals surface area contributed by atoms with Gasteiger partial charge in [-0.2, -0.15) is 0 Å². The van der Waals surface area contributed by atoms with Gasteiger partial charge in [-0.1, -0.05) is 0 Å². The molecule has 0 radical (unpaired) electrons. The van der Waals surface area contributed by atoms with Crippen LogP contribution in [-0.4, -0.2) is 12.5 Å². The van der Waals surface area contributed by atoms with Gasteiger partial charge in [0.05, 0.1) is 11.8 Å². The lowest BCUT2D eigenvalue weighted by Gasteiger charge is -2.20. The SMILES string of the molecule is CCN(C(=O)c1ccoc1C)c1ccc(N)cc1. The number of benzene rings is 1. The van der Waals surface area contributed by atoms with Crippen molar-refractivity contribution < 1.29 is 9.21 Å². The van der Waals surface area contributed by atoms with Crippen LogP contribution < -0.4 is 10.6 Å². The summed E-state index contributed by atoms with van der Waals surface area (Å²) in [5, 5.41) is 0. The van der Waals surface area contributed by atoms with Crippen molar-refractivity contribution in [2.45, 2.75) is 13.8 Å². The van der Waals surface area contributed by atoms with Crippen LogP contribution in [-0.2, 0) is 0 Å². The predicted molar refractivity (Wildman–Crippen MR) is 71.6 cm³/mol. The van der Waals surface area contributed by atoms with E-state index in [1.54, 1.807) is 30.0 Å². The van der Waals surface area contributed by atoms with Crippen molar-refractivity contribution >= 4 is 17.3 Å². The molecule has 0 atom stereocenters. The Kier molecular flexibility index (Phi) is 3.37. The smallest absolute Gasteiger partial charge is 0.261 e. The summed E-state index contributed by atoms with van der Waals surface area (Å²) < 4.78 is 5.17. The summed E-state index contributed by atoms with van der Waals surface area (Å²) in [5.41, 5.74) is 7.75. The van der Waals surface area contributed by atoms with Gasteiger partial charge in [-0.15, -0.1) is 0 Å². The van der Waals surface area contributed by atoms with Gasteiger partial charge in [-0.05, 0) is 44.2 Å². The van der Waals surface area contributed by atoms with Crippen LogP contribution in [0.3, 0.4) is 0 Å². The number of furan rings is 1. The minimum atomic E-state index is -0.0616. The second-order valence-electron chi connectivity index (χ2n) is 4.03. The zero-order chi connectivity index (χ0) is 13.1. The van der Waals surface area contributed by atoms with Crippen LogP contribution in [0.25, 0.3) is 0 Å². The first-order valence-corrected chi connectivity index (χ1v) is 5.85. The summed E-state index contributed by atoms with van der Waals surface area (Å²) in [5.74, 6) is 0.572. The van der Waals surface area contributed by atoms with E-state index < -0.39 is 0 Å². The lowest BCUT2D eigenvalue weighted by Crippen LogP contribution is -2.30. The van der Waals surface area contributed by atoms with E-state index in [0.717, 1.165) is 5.69 Å². The van der Waals surface area contributed by atoms with E-state index in [9.17, 15) is 4.79 Å². The van der Waals surface area contributed by atoms with Crippen LogP contribution in [0.2, 0.25) is 0 Å². The third-order valence-corrected chi connectivity index (χ3v) is 2.86. The highest BCUT2D eigenvalue weighted by Gasteiger charge is 2.19. The molecule has 1 heterocycles. The summed E-state index contributed by atoms with van der Waals surface area (Å²) in [4.78, 5) is 14.1. The average molecular weight is 244 g/mol. The Morgan fingerprint density at radius 3 is 2.44 bits per heavy atom. The van der Waals surface area contributed by atoms with Crippen LogP contribution in [0.15, 0.2) is 41.0 Å². The van der Waals surface area contributed by atoms with Crippen molar-refractivity contribution in [1.82, 2.24) is 0 Å². The number of rotatable bonds is 3. The number of nitrogens with zero attached hydrogens (tertiary/aromatic N) is 1. The molecule has 2 aromatic rings. The van der Waals surface area contributed by atoms with Gasteiger partial charge in [0, 0.05) is 17.9 Å². The molecule has 0 saturated carbocycles. The fraction of sp³-hybridized carbons (Fsp3) is 0.214. The number of hydrogen-bond donors (Lipinski definition) is 1. The monoisotopic (exact) mass is 244 g/mol. The first-order chi connectivity index (χ1) is 8.63. The highest BCUT2D eigenvalue weighted by Crippen LogP contribution is 2.20. The molecule has 4 heteroatoms. The zero-order valence-electron chi connectivity index (χ0n) is 10.5. The number of hydrogen-bond acceptors (Lipinski definition) is 3. The molecule has 4 nitrogen and oxygen atoms in total. The van der Waals surface area contributed by atoms with E-state index >= 15 is 0 Å². The molecule has 0 aliphatic heterocycles. The number of amides is 1. The number of nitrogens with two attached hydrogens (primary N) is 1. The Balaban J connectivity index is 2.32. The molecule has 1 aromatic heterocycles. The van der Waals surface area contributed by atoms with Crippen LogP contribution in [0, 0.1) is 6.92 Å². The quantitative estimate of drug-likeness (QED) is 0.844. The van der Waals surface area contributed by atoms with Crippen molar-refractivity contribution in [3.8, 4) is 0 Å². The van der Waals surface area contributed by atoms with Gasteiger partial charge in [0.15, 0.2) is 0 Å². The fourth-order valence-corrected chi connectivity index (χ4v) is 1.85. The highest BCUT2D eigenvalue weighted by molar-refractivity contribution is 6.06. The summed E-state index contributed by atoms with van der Waals surface area (Å²) in [7, 11) is 0. The molecule has 1 aromatic carbocycles. The Morgan fingerprint density at radius 2 is 1.94 bits per heavy atom. The molecule has 0 fully saturated rings. The maximum Gasteiger partial charge on any atom is 0.261 e. The van der Waals surface area contributed by atoms with Crippen LogP contribution in [0.4, 0.5) is 11.4 Å². The van der Waals surface area contributed by atoms with E-state index in [0.29, 0.717) is 23.6 Å². The van der Waals surface area contributed by atoms with Crippen molar-refractivity contribution in [1.29, 1.82) is 0 Å². The van der Waals surface area contributed by atoms with Crippen LogP contribution in [0.1, 0.15) is 23.0 Å². The number of carbonyl (C=O) groups excluding carboxylic acids is 1.